The van der Waals surface area contributed by atoms with Crippen LogP contribution in [0.5, 0.6) is 0 Å². The van der Waals surface area contributed by atoms with Gasteiger partial charge in [0.1, 0.15) is 16.4 Å². The van der Waals surface area contributed by atoms with Crippen molar-refractivity contribution in [3.05, 3.63) is 47.2 Å². The highest BCUT2D eigenvalue weighted by Crippen LogP contribution is 2.29. The number of nitrogens with one attached hydrogen (secondary N) is 1. The number of hydrogen-bond donors (Lipinski definition) is 2. The van der Waals surface area contributed by atoms with Crippen molar-refractivity contribution in [2.75, 3.05) is 10.5 Å². The smallest absolute Gasteiger partial charge is 0.265 e. The monoisotopic (exact) mass is 319 g/mol. The summed E-state index contributed by atoms with van der Waals surface area (Å²) >= 11 is 5.61. The van der Waals surface area contributed by atoms with E-state index in [1.807, 2.05) is 4.72 Å². The van der Waals surface area contributed by atoms with E-state index in [0.717, 1.165) is 12.3 Å². The summed E-state index contributed by atoms with van der Waals surface area (Å²) in [6, 6.07) is 2.57. The number of benzene rings is 1. The molecule has 1 aromatic carbocycles. The van der Waals surface area contributed by atoms with Gasteiger partial charge >= 0.3 is 0 Å². The molecule has 106 valence electrons. The molecule has 0 aliphatic carbocycles. The lowest BCUT2D eigenvalue weighted by molar-refractivity contribution is 0.583. The Hall–Kier alpha value is -1.93. The van der Waals surface area contributed by atoms with Gasteiger partial charge in [-0.05, 0) is 12.1 Å². The third-order valence-electron chi connectivity index (χ3n) is 2.35. The second kappa shape index (κ2) is 5.22. The molecule has 0 unspecified atom stereocenters. The van der Waals surface area contributed by atoms with Crippen LogP contribution in [0.1, 0.15) is 0 Å². The molecule has 20 heavy (non-hydrogen) atoms. The lowest BCUT2D eigenvalue weighted by Crippen LogP contribution is -2.16. The van der Waals surface area contributed by atoms with Crippen LogP contribution in [-0.2, 0) is 10.0 Å². The van der Waals surface area contributed by atoms with Crippen molar-refractivity contribution in [2.24, 2.45) is 0 Å². The van der Waals surface area contributed by atoms with E-state index in [4.69, 9.17) is 17.3 Å². The number of rotatable bonds is 3. The lowest BCUT2D eigenvalue weighted by Gasteiger charge is -2.11. The van der Waals surface area contributed by atoms with Gasteiger partial charge in [0.15, 0.2) is 5.82 Å². The summed E-state index contributed by atoms with van der Waals surface area (Å²) in [6.45, 7) is 0. The maximum absolute atomic E-state index is 13.6. The van der Waals surface area contributed by atoms with Gasteiger partial charge in [-0.3, -0.25) is 9.71 Å². The number of sulfonamides is 1. The normalized spacial score (nSPS) is 11.3. The van der Waals surface area contributed by atoms with E-state index in [0.29, 0.717) is 6.07 Å². The second-order valence-corrected chi connectivity index (χ2v) is 5.82. The molecule has 0 aliphatic heterocycles. The Morgan fingerprint density at radius 3 is 2.60 bits per heavy atom. The Balaban J connectivity index is 2.47. The van der Waals surface area contributed by atoms with Crippen LogP contribution in [0.3, 0.4) is 0 Å². The van der Waals surface area contributed by atoms with Gasteiger partial charge in [0, 0.05) is 18.5 Å². The lowest BCUT2D eigenvalue weighted by atomic mass is 10.3. The zero-order valence-electron chi connectivity index (χ0n) is 9.77. The van der Waals surface area contributed by atoms with Crippen molar-refractivity contribution in [1.29, 1.82) is 0 Å². The van der Waals surface area contributed by atoms with Crippen LogP contribution in [0.25, 0.3) is 0 Å². The average Bonchev–Trinajstić information content (AvgIpc) is 2.34. The highest BCUT2D eigenvalue weighted by molar-refractivity contribution is 7.92. The van der Waals surface area contributed by atoms with Crippen molar-refractivity contribution in [3.8, 4) is 0 Å². The zero-order valence-corrected chi connectivity index (χ0v) is 11.3. The fourth-order valence-electron chi connectivity index (χ4n) is 1.44. The first-order valence-corrected chi connectivity index (χ1v) is 7.04. The minimum Gasteiger partial charge on any atom is -0.398 e. The van der Waals surface area contributed by atoms with E-state index in [2.05, 4.69) is 4.98 Å². The van der Waals surface area contributed by atoms with Crippen LogP contribution in [-0.4, -0.2) is 13.4 Å². The van der Waals surface area contributed by atoms with Crippen LogP contribution in [0.2, 0.25) is 5.02 Å². The first-order chi connectivity index (χ1) is 9.31. The van der Waals surface area contributed by atoms with Crippen molar-refractivity contribution in [1.82, 2.24) is 4.98 Å². The number of halogens is 3. The number of nitrogens with two attached hydrogens (primary N) is 1. The molecule has 3 N–H and O–H groups in total. The highest BCUT2D eigenvalue weighted by atomic mass is 35.5. The third-order valence-corrected chi connectivity index (χ3v) is 4.04. The van der Waals surface area contributed by atoms with E-state index in [1.54, 1.807) is 0 Å². The number of hydrogen-bond acceptors (Lipinski definition) is 4. The molecular weight excluding hydrogens is 312 g/mol. The van der Waals surface area contributed by atoms with Gasteiger partial charge in [0.2, 0.25) is 0 Å². The number of aromatic nitrogens is 1. The molecule has 2 aromatic rings. The van der Waals surface area contributed by atoms with E-state index >= 15 is 0 Å². The minimum absolute atomic E-state index is 0.0638. The zero-order chi connectivity index (χ0) is 14.9. The van der Waals surface area contributed by atoms with Crippen molar-refractivity contribution >= 4 is 33.0 Å². The number of anilines is 2. The van der Waals surface area contributed by atoms with Crippen LogP contribution < -0.4 is 10.5 Å². The van der Waals surface area contributed by atoms with Gasteiger partial charge < -0.3 is 5.73 Å². The van der Waals surface area contributed by atoms with Gasteiger partial charge in [-0.2, -0.15) is 0 Å². The van der Waals surface area contributed by atoms with Crippen LogP contribution in [0.15, 0.2) is 35.5 Å². The fraction of sp³-hybridized carbons (Fsp3) is 0. The number of pyridine rings is 1. The molecule has 9 heteroatoms. The maximum Gasteiger partial charge on any atom is 0.265 e. The average molecular weight is 320 g/mol. The Morgan fingerprint density at radius 1 is 1.30 bits per heavy atom. The summed E-state index contributed by atoms with van der Waals surface area (Å²) in [4.78, 5) is 3.29. The van der Waals surface area contributed by atoms with Crippen molar-refractivity contribution in [2.45, 2.75) is 4.90 Å². The molecule has 5 nitrogen and oxygen atoms in total. The largest absolute Gasteiger partial charge is 0.398 e. The molecule has 0 amide bonds. The summed E-state index contributed by atoms with van der Waals surface area (Å²) in [5.41, 5.74) is 4.89. The van der Waals surface area contributed by atoms with Gasteiger partial charge in [-0.15, -0.1) is 0 Å². The second-order valence-electron chi connectivity index (χ2n) is 3.76. The Kier molecular flexibility index (Phi) is 3.78. The molecule has 2 rings (SSSR count). The Bertz CT molecular complexity index is 745. The first kappa shape index (κ1) is 14.5. The molecule has 0 radical (unpaired) electrons. The van der Waals surface area contributed by atoms with E-state index < -0.39 is 32.4 Å². The molecule has 0 fully saturated rings. The van der Waals surface area contributed by atoms with E-state index in [1.165, 1.54) is 12.3 Å². The molecule has 1 aromatic heterocycles. The topological polar surface area (TPSA) is 85.1 Å². The SMILES string of the molecule is Nc1ccncc1S(=O)(=O)Nc1c(F)cc(F)cc1Cl. The van der Waals surface area contributed by atoms with Gasteiger partial charge in [0.05, 0.1) is 10.7 Å². The summed E-state index contributed by atoms with van der Waals surface area (Å²) in [5.74, 6) is -2.06. The Morgan fingerprint density at radius 2 is 2.00 bits per heavy atom. The summed E-state index contributed by atoms with van der Waals surface area (Å²) in [7, 11) is -4.19. The number of nitrogen functional groups attached to an aromatic ring is 1. The predicted molar refractivity (Wildman–Crippen MR) is 70.8 cm³/mol. The van der Waals surface area contributed by atoms with Crippen molar-refractivity contribution in [3.63, 3.8) is 0 Å². The molecular formula is C11H8ClF2N3O2S. The highest BCUT2D eigenvalue weighted by Gasteiger charge is 2.21. The van der Waals surface area contributed by atoms with Gasteiger partial charge in [-0.1, -0.05) is 11.6 Å². The fourth-order valence-corrected chi connectivity index (χ4v) is 2.91. The molecule has 1 heterocycles. The van der Waals surface area contributed by atoms with Crippen LogP contribution in [0.4, 0.5) is 20.2 Å². The van der Waals surface area contributed by atoms with Crippen LogP contribution >= 0.6 is 11.6 Å². The van der Waals surface area contributed by atoms with Crippen molar-refractivity contribution < 1.29 is 17.2 Å². The minimum atomic E-state index is -4.19. The van der Waals surface area contributed by atoms with E-state index in [-0.39, 0.29) is 10.6 Å². The quantitative estimate of drug-likeness (QED) is 0.909. The molecule has 0 spiro atoms. The van der Waals surface area contributed by atoms with Crippen LogP contribution in [0, 0.1) is 11.6 Å². The molecule has 0 saturated heterocycles. The predicted octanol–water partition coefficient (Wildman–Crippen LogP) is 2.40. The molecule has 0 atom stereocenters. The maximum atomic E-state index is 13.6. The van der Waals surface area contributed by atoms with Gasteiger partial charge in [-0.25, -0.2) is 17.2 Å². The summed E-state index contributed by atoms with van der Waals surface area (Å²) in [6.07, 6.45) is 2.31. The number of nitrogens with zero attached hydrogens (tertiary/aromatic N) is 1. The van der Waals surface area contributed by atoms with Gasteiger partial charge in [0.25, 0.3) is 10.0 Å². The third kappa shape index (κ3) is 2.81. The summed E-state index contributed by atoms with van der Waals surface area (Å²) in [5, 5.41) is -0.409. The van der Waals surface area contributed by atoms with E-state index in [9.17, 15) is 17.2 Å². The summed E-state index contributed by atoms with van der Waals surface area (Å²) < 4.78 is 52.5. The molecule has 0 aliphatic rings. The first-order valence-electron chi connectivity index (χ1n) is 5.18. The molecule has 0 bridgehead atoms. The standard InChI is InChI=1S/C11H8ClF2N3O2S/c12-7-3-6(13)4-8(14)11(7)17-20(18,19)10-5-16-2-1-9(10)15/h1-5,17H,(H2,15,16). The molecule has 0 saturated carbocycles. The Labute approximate surface area is 118 Å².